The lowest BCUT2D eigenvalue weighted by molar-refractivity contribution is -0.0434. The summed E-state index contributed by atoms with van der Waals surface area (Å²) in [5.41, 5.74) is 1.03. The molecule has 160 valence electrons. The molecule has 0 unspecified atom stereocenters. The fraction of sp³-hybridized carbons (Fsp3) is 0.667. The van der Waals surface area contributed by atoms with Gasteiger partial charge >= 0.3 is 12.1 Å². The highest BCUT2D eigenvalue weighted by atomic mass is 16.6. The topological polar surface area (TPSA) is 81.2 Å². The lowest BCUT2D eigenvalue weighted by Gasteiger charge is -2.53. The van der Waals surface area contributed by atoms with Gasteiger partial charge in [-0.1, -0.05) is 0 Å². The number of likely N-dealkylation sites (tertiary alicyclic amines) is 1. The number of anilines is 1. The van der Waals surface area contributed by atoms with E-state index in [-0.39, 0.29) is 18.1 Å². The maximum Gasteiger partial charge on any atom is 0.410 e. The molecule has 2 fully saturated rings. The monoisotopic (exact) mass is 405 g/mol. The van der Waals surface area contributed by atoms with Crippen LogP contribution in [0.1, 0.15) is 44.1 Å². The second kappa shape index (κ2) is 8.57. The minimum absolute atomic E-state index is 0.200. The highest BCUT2D eigenvalue weighted by molar-refractivity contribution is 5.87. The summed E-state index contributed by atoms with van der Waals surface area (Å²) < 4.78 is 15.4. The molecule has 0 N–H and O–H groups in total. The highest BCUT2D eigenvalue weighted by Crippen LogP contribution is 2.41. The van der Waals surface area contributed by atoms with Gasteiger partial charge in [-0.2, -0.15) is 0 Å². The molecular weight excluding hydrogens is 374 g/mol. The van der Waals surface area contributed by atoms with Gasteiger partial charge in [-0.25, -0.2) is 14.6 Å². The van der Waals surface area contributed by atoms with E-state index in [4.69, 9.17) is 14.2 Å². The van der Waals surface area contributed by atoms with Crippen LogP contribution in [0.5, 0.6) is 0 Å². The molecular formula is C21H31N3O5. The second-order valence-electron chi connectivity index (χ2n) is 8.85. The minimum Gasteiger partial charge on any atom is -0.459 e. The summed E-state index contributed by atoms with van der Waals surface area (Å²) in [5, 5.41) is 0. The van der Waals surface area contributed by atoms with Crippen LogP contribution in [0.25, 0.3) is 0 Å². The van der Waals surface area contributed by atoms with Crippen molar-refractivity contribution in [1.29, 1.82) is 0 Å². The number of carbonyl (C=O) groups excluding carboxylic acids is 2. The molecule has 0 aliphatic carbocycles. The number of rotatable bonds is 5. The van der Waals surface area contributed by atoms with E-state index in [1.807, 2.05) is 26.8 Å². The summed E-state index contributed by atoms with van der Waals surface area (Å²) in [6, 6.07) is 3.61. The zero-order valence-electron chi connectivity index (χ0n) is 17.8. The Hall–Kier alpha value is -2.35. The van der Waals surface area contributed by atoms with Crippen LogP contribution in [0.4, 0.5) is 10.5 Å². The number of methoxy groups -OCH3 is 1. The molecule has 3 rings (SSSR count). The number of hydrogen-bond acceptors (Lipinski definition) is 7. The van der Waals surface area contributed by atoms with Gasteiger partial charge in [0.1, 0.15) is 17.9 Å². The van der Waals surface area contributed by atoms with Crippen LogP contribution in [0.3, 0.4) is 0 Å². The van der Waals surface area contributed by atoms with Gasteiger partial charge in [0.05, 0.1) is 18.5 Å². The van der Waals surface area contributed by atoms with E-state index < -0.39 is 11.6 Å². The first-order chi connectivity index (χ1) is 13.7. The molecule has 0 saturated carbocycles. The highest BCUT2D eigenvalue weighted by Gasteiger charge is 2.47. The fourth-order valence-electron chi connectivity index (χ4n) is 3.76. The number of amides is 1. The molecule has 8 nitrogen and oxygen atoms in total. The summed E-state index contributed by atoms with van der Waals surface area (Å²) in [7, 11) is 1.56. The SMILES string of the molecule is COCCOC(=O)c1ccc(N2CCC3(CC2)CN(C(=O)OC(C)(C)C)C3)cn1. The van der Waals surface area contributed by atoms with Crippen molar-refractivity contribution < 1.29 is 23.8 Å². The fourth-order valence-corrected chi connectivity index (χ4v) is 3.76. The van der Waals surface area contributed by atoms with E-state index in [0.717, 1.165) is 44.7 Å². The number of esters is 1. The molecule has 3 heterocycles. The van der Waals surface area contributed by atoms with Crippen LogP contribution >= 0.6 is 0 Å². The molecule has 1 amide bonds. The van der Waals surface area contributed by atoms with Crippen molar-refractivity contribution in [2.45, 2.75) is 39.2 Å². The van der Waals surface area contributed by atoms with Gasteiger partial charge in [-0.05, 0) is 45.7 Å². The molecule has 1 spiro atoms. The van der Waals surface area contributed by atoms with Crippen molar-refractivity contribution in [1.82, 2.24) is 9.88 Å². The van der Waals surface area contributed by atoms with E-state index in [0.29, 0.717) is 12.3 Å². The lowest BCUT2D eigenvalue weighted by atomic mass is 9.72. The minimum atomic E-state index is -0.460. The number of ether oxygens (including phenoxy) is 3. The molecule has 1 aromatic rings. The van der Waals surface area contributed by atoms with Crippen molar-refractivity contribution in [3.8, 4) is 0 Å². The van der Waals surface area contributed by atoms with Crippen molar-refractivity contribution in [3.63, 3.8) is 0 Å². The standard InChI is InChI=1S/C21H31N3O5/c1-20(2,3)29-19(26)24-14-21(15-24)7-9-23(10-8-21)16-5-6-17(22-13-16)18(25)28-12-11-27-4/h5-6,13H,7-12,14-15H2,1-4H3. The Labute approximate surface area is 172 Å². The van der Waals surface area contributed by atoms with Crippen molar-refractivity contribution in [2.75, 3.05) is 51.4 Å². The maximum atomic E-state index is 12.2. The number of hydrogen-bond donors (Lipinski definition) is 0. The molecule has 2 aliphatic rings. The number of carbonyl (C=O) groups is 2. The van der Waals surface area contributed by atoms with Crippen LogP contribution in [-0.2, 0) is 14.2 Å². The first-order valence-corrected chi connectivity index (χ1v) is 10.1. The van der Waals surface area contributed by atoms with Crippen LogP contribution in [0.15, 0.2) is 18.3 Å². The van der Waals surface area contributed by atoms with Gasteiger partial charge in [-0.15, -0.1) is 0 Å². The average molecular weight is 405 g/mol. The van der Waals surface area contributed by atoms with Crippen molar-refractivity contribution in [2.24, 2.45) is 5.41 Å². The first-order valence-electron chi connectivity index (χ1n) is 10.1. The molecule has 29 heavy (non-hydrogen) atoms. The Morgan fingerprint density at radius 1 is 1.14 bits per heavy atom. The molecule has 0 atom stereocenters. The van der Waals surface area contributed by atoms with Crippen molar-refractivity contribution in [3.05, 3.63) is 24.0 Å². The van der Waals surface area contributed by atoms with E-state index in [9.17, 15) is 9.59 Å². The third-order valence-electron chi connectivity index (χ3n) is 5.37. The van der Waals surface area contributed by atoms with Gasteiger partial charge in [0, 0.05) is 38.7 Å². The first kappa shape index (κ1) is 21.4. The van der Waals surface area contributed by atoms with E-state index in [1.54, 1.807) is 24.3 Å². The Bertz CT molecular complexity index is 713. The predicted molar refractivity (Wildman–Crippen MR) is 108 cm³/mol. The third-order valence-corrected chi connectivity index (χ3v) is 5.37. The number of aromatic nitrogens is 1. The lowest BCUT2D eigenvalue weighted by Crippen LogP contribution is -2.62. The summed E-state index contributed by atoms with van der Waals surface area (Å²) >= 11 is 0. The van der Waals surface area contributed by atoms with E-state index >= 15 is 0 Å². The Balaban J connectivity index is 1.47. The predicted octanol–water partition coefficient (Wildman–Crippen LogP) is 2.72. The van der Waals surface area contributed by atoms with Gasteiger partial charge in [0.2, 0.25) is 0 Å². The number of nitrogens with zero attached hydrogens (tertiary/aromatic N) is 3. The third kappa shape index (κ3) is 5.38. The summed E-state index contributed by atoms with van der Waals surface area (Å²) in [4.78, 5) is 32.4. The Morgan fingerprint density at radius 2 is 1.83 bits per heavy atom. The zero-order chi connectivity index (χ0) is 21.1. The molecule has 0 radical (unpaired) electrons. The number of piperidine rings is 1. The number of pyridine rings is 1. The maximum absolute atomic E-state index is 12.2. The second-order valence-corrected chi connectivity index (χ2v) is 8.85. The average Bonchev–Trinajstić information content (AvgIpc) is 2.65. The quantitative estimate of drug-likeness (QED) is 0.550. The molecule has 1 aromatic heterocycles. The van der Waals surface area contributed by atoms with Gasteiger partial charge < -0.3 is 24.0 Å². The summed E-state index contributed by atoms with van der Waals surface area (Å²) in [6.45, 7) is 9.58. The largest absolute Gasteiger partial charge is 0.459 e. The van der Waals surface area contributed by atoms with Crippen molar-refractivity contribution >= 4 is 17.7 Å². The van der Waals surface area contributed by atoms with Crippen LogP contribution in [0.2, 0.25) is 0 Å². The van der Waals surface area contributed by atoms with Crippen LogP contribution in [0, 0.1) is 5.41 Å². The van der Waals surface area contributed by atoms with Gasteiger partial charge in [-0.3, -0.25) is 0 Å². The molecule has 8 heteroatoms. The van der Waals surface area contributed by atoms with Crippen LogP contribution in [-0.4, -0.2) is 74.1 Å². The summed E-state index contributed by atoms with van der Waals surface area (Å²) in [6.07, 6.45) is 3.54. The van der Waals surface area contributed by atoms with E-state index in [2.05, 4.69) is 9.88 Å². The van der Waals surface area contributed by atoms with Crippen LogP contribution < -0.4 is 4.90 Å². The zero-order valence-corrected chi connectivity index (χ0v) is 17.8. The molecule has 2 aliphatic heterocycles. The molecule has 2 saturated heterocycles. The summed E-state index contributed by atoms with van der Waals surface area (Å²) in [5.74, 6) is -0.442. The smallest absolute Gasteiger partial charge is 0.410 e. The Kier molecular flexibility index (Phi) is 6.31. The molecule has 0 bridgehead atoms. The van der Waals surface area contributed by atoms with Gasteiger partial charge in [0.25, 0.3) is 0 Å². The van der Waals surface area contributed by atoms with Gasteiger partial charge in [0.15, 0.2) is 0 Å². The Morgan fingerprint density at radius 3 is 2.38 bits per heavy atom. The van der Waals surface area contributed by atoms with E-state index in [1.165, 1.54) is 0 Å². The molecule has 0 aromatic carbocycles. The normalized spacial score (nSPS) is 18.3.